The first-order valence-corrected chi connectivity index (χ1v) is 10.8. The zero-order valence-corrected chi connectivity index (χ0v) is 17.7. The molecular formula is C20H21ClN6O2S. The monoisotopic (exact) mass is 444 g/mol. The maximum Gasteiger partial charge on any atom is 0.272 e. The first-order valence-electron chi connectivity index (χ1n) is 9.59. The van der Waals surface area contributed by atoms with E-state index in [-0.39, 0.29) is 17.6 Å². The van der Waals surface area contributed by atoms with Gasteiger partial charge in [-0.15, -0.1) is 0 Å². The van der Waals surface area contributed by atoms with Gasteiger partial charge in [0.05, 0.1) is 10.6 Å². The van der Waals surface area contributed by atoms with Gasteiger partial charge in [0, 0.05) is 26.9 Å². The van der Waals surface area contributed by atoms with Crippen molar-refractivity contribution >= 4 is 46.7 Å². The molecule has 4 rings (SSSR count). The number of nitro benzene ring substituents is 1. The van der Waals surface area contributed by atoms with Crippen LogP contribution in [0.4, 0.5) is 11.4 Å². The van der Waals surface area contributed by atoms with Gasteiger partial charge in [-0.05, 0) is 56.0 Å². The standard InChI is InChI=1S/C20H21ClN6O2S/c21-13-4-6-16(7-5-13)30-17-11-14(10-15(12-17)27(28)29)26-19(23)24-18(22)25-20(26)8-2-1-3-9-20/h4-7,10-12H,1-3,8-9H2,(H4,22,23,24,25). The van der Waals surface area contributed by atoms with Crippen LogP contribution in [0.25, 0.3) is 0 Å². The fraction of sp³-hybridized carbons (Fsp3) is 0.300. The summed E-state index contributed by atoms with van der Waals surface area (Å²) in [6.07, 6.45) is 4.57. The van der Waals surface area contributed by atoms with Crippen LogP contribution in [0.3, 0.4) is 0 Å². The summed E-state index contributed by atoms with van der Waals surface area (Å²) in [5, 5.41) is 12.3. The van der Waals surface area contributed by atoms with Crippen molar-refractivity contribution in [2.24, 2.45) is 21.5 Å². The number of nitrogens with zero attached hydrogens (tertiary/aromatic N) is 4. The Morgan fingerprint density at radius 2 is 1.77 bits per heavy atom. The number of non-ortho nitro benzene ring substituents is 1. The molecule has 1 aliphatic carbocycles. The van der Waals surface area contributed by atoms with E-state index in [0.29, 0.717) is 15.6 Å². The Labute approximate surface area is 183 Å². The molecule has 1 aliphatic heterocycles. The minimum Gasteiger partial charge on any atom is -0.369 e. The van der Waals surface area contributed by atoms with Gasteiger partial charge in [-0.1, -0.05) is 29.8 Å². The van der Waals surface area contributed by atoms with Crippen LogP contribution in [-0.2, 0) is 0 Å². The van der Waals surface area contributed by atoms with Crippen LogP contribution in [0.5, 0.6) is 0 Å². The van der Waals surface area contributed by atoms with Crippen LogP contribution in [-0.4, -0.2) is 22.5 Å². The maximum absolute atomic E-state index is 11.6. The van der Waals surface area contributed by atoms with Gasteiger partial charge >= 0.3 is 0 Å². The summed E-state index contributed by atoms with van der Waals surface area (Å²) in [4.78, 5) is 23.5. The second-order valence-electron chi connectivity index (χ2n) is 7.32. The van der Waals surface area contributed by atoms with E-state index in [2.05, 4.69) is 9.98 Å². The molecule has 0 radical (unpaired) electrons. The summed E-state index contributed by atoms with van der Waals surface area (Å²) in [5.41, 5.74) is 12.1. The number of aliphatic imine (C=N–C) groups is 2. The number of guanidine groups is 2. The van der Waals surface area contributed by atoms with Gasteiger partial charge < -0.3 is 11.5 Å². The largest absolute Gasteiger partial charge is 0.369 e. The number of rotatable bonds is 4. The van der Waals surface area contributed by atoms with Gasteiger partial charge in [-0.3, -0.25) is 15.0 Å². The van der Waals surface area contributed by atoms with Crippen molar-refractivity contribution < 1.29 is 4.92 Å². The summed E-state index contributed by atoms with van der Waals surface area (Å²) in [5.74, 6) is 0.346. The molecule has 0 aromatic heterocycles. The smallest absolute Gasteiger partial charge is 0.272 e. The molecule has 30 heavy (non-hydrogen) atoms. The molecular weight excluding hydrogens is 424 g/mol. The molecule has 8 nitrogen and oxygen atoms in total. The topological polar surface area (TPSA) is 123 Å². The maximum atomic E-state index is 11.6. The molecule has 1 heterocycles. The lowest BCUT2D eigenvalue weighted by molar-refractivity contribution is -0.385. The average Bonchev–Trinajstić information content (AvgIpc) is 2.69. The second-order valence-corrected chi connectivity index (χ2v) is 8.90. The summed E-state index contributed by atoms with van der Waals surface area (Å²) >= 11 is 7.38. The molecule has 2 aliphatic rings. The third kappa shape index (κ3) is 4.08. The molecule has 2 aromatic rings. The van der Waals surface area contributed by atoms with E-state index < -0.39 is 10.6 Å². The molecule has 1 saturated carbocycles. The predicted molar refractivity (Wildman–Crippen MR) is 120 cm³/mol. The summed E-state index contributed by atoms with van der Waals surface area (Å²) in [6, 6.07) is 12.2. The highest BCUT2D eigenvalue weighted by molar-refractivity contribution is 7.99. The molecule has 156 valence electrons. The van der Waals surface area contributed by atoms with Crippen LogP contribution in [0.1, 0.15) is 32.1 Å². The third-order valence-corrected chi connectivity index (χ3v) is 6.48. The fourth-order valence-corrected chi connectivity index (χ4v) is 5.02. The number of nitrogens with two attached hydrogens (primary N) is 2. The van der Waals surface area contributed by atoms with Crippen molar-refractivity contribution in [1.29, 1.82) is 0 Å². The van der Waals surface area contributed by atoms with E-state index >= 15 is 0 Å². The number of hydrogen-bond acceptors (Lipinski definition) is 8. The number of anilines is 1. The highest BCUT2D eigenvalue weighted by Gasteiger charge is 2.43. The Morgan fingerprint density at radius 1 is 1.07 bits per heavy atom. The summed E-state index contributed by atoms with van der Waals surface area (Å²) in [7, 11) is 0. The van der Waals surface area contributed by atoms with E-state index in [9.17, 15) is 10.1 Å². The average molecular weight is 445 g/mol. The van der Waals surface area contributed by atoms with Crippen molar-refractivity contribution in [2.45, 2.75) is 47.6 Å². The van der Waals surface area contributed by atoms with E-state index in [1.807, 2.05) is 18.2 Å². The van der Waals surface area contributed by atoms with Crippen LogP contribution in [0.15, 0.2) is 62.2 Å². The molecule has 10 heteroatoms. The molecule has 0 unspecified atom stereocenters. The highest BCUT2D eigenvalue weighted by atomic mass is 35.5. The van der Waals surface area contributed by atoms with Crippen molar-refractivity contribution in [3.05, 3.63) is 57.6 Å². The van der Waals surface area contributed by atoms with Crippen molar-refractivity contribution in [3.63, 3.8) is 0 Å². The fourth-order valence-electron chi connectivity index (χ4n) is 3.99. The second kappa shape index (κ2) is 8.16. The Morgan fingerprint density at radius 3 is 2.43 bits per heavy atom. The number of benzene rings is 2. The molecule has 1 spiro atoms. The molecule has 2 aromatic carbocycles. The minimum absolute atomic E-state index is 0.0229. The SMILES string of the molecule is NC1=NC2(CCCCC2)N(c2cc(Sc3ccc(Cl)cc3)cc([N+](=O)[O-])c2)C(N)=N1. The quantitative estimate of drug-likeness (QED) is 0.528. The van der Waals surface area contributed by atoms with Gasteiger partial charge in [0.2, 0.25) is 11.9 Å². The van der Waals surface area contributed by atoms with Crippen LogP contribution in [0, 0.1) is 10.1 Å². The Balaban J connectivity index is 1.78. The first kappa shape index (κ1) is 20.5. The summed E-state index contributed by atoms with van der Waals surface area (Å²) in [6.45, 7) is 0. The molecule has 4 N–H and O–H groups in total. The Hall–Kier alpha value is -2.78. The normalized spacial score (nSPS) is 18.1. The Bertz CT molecular complexity index is 1030. The molecule has 0 saturated heterocycles. The lowest BCUT2D eigenvalue weighted by Crippen LogP contribution is -2.58. The van der Waals surface area contributed by atoms with Crippen LogP contribution >= 0.6 is 23.4 Å². The number of nitro groups is 1. The van der Waals surface area contributed by atoms with E-state index in [0.717, 1.165) is 37.0 Å². The van der Waals surface area contributed by atoms with Gasteiger partial charge in [0.1, 0.15) is 5.66 Å². The highest BCUT2D eigenvalue weighted by Crippen LogP contribution is 2.42. The van der Waals surface area contributed by atoms with Gasteiger partial charge in [0.25, 0.3) is 5.69 Å². The number of hydrogen-bond donors (Lipinski definition) is 2. The van der Waals surface area contributed by atoms with Crippen molar-refractivity contribution in [2.75, 3.05) is 4.90 Å². The molecule has 0 bridgehead atoms. The lowest BCUT2D eigenvalue weighted by atomic mass is 9.87. The van der Waals surface area contributed by atoms with E-state index in [1.54, 1.807) is 23.1 Å². The molecule has 0 atom stereocenters. The molecule has 0 amide bonds. The minimum atomic E-state index is -0.661. The van der Waals surface area contributed by atoms with Crippen molar-refractivity contribution in [3.8, 4) is 0 Å². The predicted octanol–water partition coefficient (Wildman–Crippen LogP) is 4.51. The zero-order chi connectivity index (χ0) is 21.3. The first-order chi connectivity index (χ1) is 14.4. The lowest BCUT2D eigenvalue weighted by Gasteiger charge is -2.45. The van der Waals surface area contributed by atoms with E-state index in [1.165, 1.54) is 17.8 Å². The zero-order valence-electron chi connectivity index (χ0n) is 16.1. The Kier molecular flexibility index (Phi) is 5.57. The van der Waals surface area contributed by atoms with Gasteiger partial charge in [-0.2, -0.15) is 4.99 Å². The third-order valence-electron chi connectivity index (χ3n) is 5.25. The number of halogens is 1. The summed E-state index contributed by atoms with van der Waals surface area (Å²) < 4.78 is 0. The van der Waals surface area contributed by atoms with Crippen molar-refractivity contribution in [1.82, 2.24) is 0 Å². The molecule has 1 fully saturated rings. The van der Waals surface area contributed by atoms with E-state index in [4.69, 9.17) is 23.1 Å². The van der Waals surface area contributed by atoms with Crippen LogP contribution < -0.4 is 16.4 Å². The van der Waals surface area contributed by atoms with Gasteiger partial charge in [-0.25, -0.2) is 4.99 Å². The van der Waals surface area contributed by atoms with Gasteiger partial charge in [0.15, 0.2) is 0 Å². The van der Waals surface area contributed by atoms with Crippen LogP contribution in [0.2, 0.25) is 5.02 Å².